The first-order valence-corrected chi connectivity index (χ1v) is 11.4. The van der Waals surface area contributed by atoms with Crippen LogP contribution in [0, 0.1) is 12.8 Å². The van der Waals surface area contributed by atoms with E-state index in [1.54, 1.807) is 12.1 Å². The number of nitrogens with one attached hydrogen (secondary N) is 1. The van der Waals surface area contributed by atoms with Gasteiger partial charge in [-0.2, -0.15) is 4.31 Å². The third-order valence-corrected chi connectivity index (χ3v) is 7.03. The van der Waals surface area contributed by atoms with Crippen LogP contribution in [-0.4, -0.2) is 44.9 Å². The molecule has 3 rings (SSSR count). The summed E-state index contributed by atoms with van der Waals surface area (Å²) in [5.74, 6) is 0.237. The van der Waals surface area contributed by atoms with Crippen LogP contribution in [0.5, 0.6) is 5.75 Å². The third kappa shape index (κ3) is 5.72. The number of hydrogen-bond acceptors (Lipinski definition) is 4. The summed E-state index contributed by atoms with van der Waals surface area (Å²) in [6, 6.07) is 13.8. The van der Waals surface area contributed by atoms with E-state index in [-0.39, 0.29) is 23.3 Å². The fraction of sp³-hybridized carbons (Fsp3) is 0.381. The van der Waals surface area contributed by atoms with E-state index >= 15 is 0 Å². The summed E-state index contributed by atoms with van der Waals surface area (Å²) >= 11 is 5.85. The summed E-state index contributed by atoms with van der Waals surface area (Å²) < 4.78 is 32.7. The topological polar surface area (TPSA) is 75.7 Å². The number of hydrogen-bond donors (Lipinski definition) is 1. The summed E-state index contributed by atoms with van der Waals surface area (Å²) in [4.78, 5) is 12.7. The molecular formula is C21H25ClN2O4S. The number of ether oxygens (including phenoxy) is 1. The lowest BCUT2D eigenvalue weighted by molar-refractivity contribution is -0.126. The molecule has 8 heteroatoms. The number of aryl methyl sites for hydroxylation is 1. The van der Waals surface area contributed by atoms with Gasteiger partial charge in [0.1, 0.15) is 12.4 Å². The average Bonchev–Trinajstić information content (AvgIpc) is 2.73. The lowest BCUT2D eigenvalue weighted by Gasteiger charge is -2.31. The highest BCUT2D eigenvalue weighted by Crippen LogP contribution is 2.24. The van der Waals surface area contributed by atoms with Crippen molar-refractivity contribution in [3.05, 3.63) is 59.1 Å². The van der Waals surface area contributed by atoms with Crippen molar-refractivity contribution < 1.29 is 17.9 Å². The van der Waals surface area contributed by atoms with Gasteiger partial charge in [-0.1, -0.05) is 29.3 Å². The van der Waals surface area contributed by atoms with Crippen LogP contribution in [0.25, 0.3) is 0 Å². The highest BCUT2D eigenvalue weighted by molar-refractivity contribution is 7.89. The van der Waals surface area contributed by atoms with Gasteiger partial charge in [0.25, 0.3) is 0 Å². The van der Waals surface area contributed by atoms with Crippen molar-refractivity contribution in [2.75, 3.05) is 26.2 Å². The second-order valence-corrected chi connectivity index (χ2v) is 9.48. The van der Waals surface area contributed by atoms with Crippen molar-refractivity contribution in [3.63, 3.8) is 0 Å². The molecule has 156 valence electrons. The molecule has 1 N–H and O–H groups in total. The molecule has 0 radical (unpaired) electrons. The molecule has 2 aromatic rings. The van der Waals surface area contributed by atoms with Gasteiger partial charge in [-0.05, 0) is 56.2 Å². The first-order chi connectivity index (χ1) is 13.9. The SMILES string of the molecule is Cc1ccc(OCCNC(=O)[C@H]2CCCN(S(=O)(=O)c3ccc(Cl)cc3)C2)cc1. The number of amides is 1. The van der Waals surface area contributed by atoms with Crippen molar-refractivity contribution in [1.82, 2.24) is 9.62 Å². The Labute approximate surface area is 176 Å². The summed E-state index contributed by atoms with van der Waals surface area (Å²) in [5.41, 5.74) is 1.15. The summed E-state index contributed by atoms with van der Waals surface area (Å²) in [7, 11) is -3.64. The van der Waals surface area contributed by atoms with E-state index < -0.39 is 10.0 Å². The lowest BCUT2D eigenvalue weighted by Crippen LogP contribution is -2.45. The van der Waals surface area contributed by atoms with Crippen LogP contribution in [0.4, 0.5) is 0 Å². The molecule has 0 spiro atoms. The second kappa shape index (κ2) is 9.61. The van der Waals surface area contributed by atoms with Gasteiger partial charge in [0.2, 0.25) is 15.9 Å². The minimum Gasteiger partial charge on any atom is -0.492 e. The van der Waals surface area contributed by atoms with E-state index in [9.17, 15) is 13.2 Å². The zero-order valence-electron chi connectivity index (χ0n) is 16.3. The quantitative estimate of drug-likeness (QED) is 0.676. The second-order valence-electron chi connectivity index (χ2n) is 7.11. The van der Waals surface area contributed by atoms with E-state index in [4.69, 9.17) is 16.3 Å². The predicted octanol–water partition coefficient (Wildman–Crippen LogP) is 3.24. The number of halogens is 1. The molecule has 2 aromatic carbocycles. The van der Waals surface area contributed by atoms with Crippen molar-refractivity contribution >= 4 is 27.5 Å². The smallest absolute Gasteiger partial charge is 0.243 e. The summed E-state index contributed by atoms with van der Waals surface area (Å²) in [5, 5.41) is 3.33. The largest absolute Gasteiger partial charge is 0.492 e. The van der Waals surface area contributed by atoms with E-state index in [0.29, 0.717) is 37.6 Å². The standard InChI is InChI=1S/C21H25ClN2O4S/c1-16-4-8-19(9-5-16)28-14-12-23-21(25)17-3-2-13-24(15-17)29(26,27)20-10-6-18(22)7-11-20/h4-11,17H,2-3,12-15H2,1H3,(H,23,25)/t17-/m0/s1. The summed E-state index contributed by atoms with van der Waals surface area (Å²) in [6.45, 7) is 3.31. The summed E-state index contributed by atoms with van der Waals surface area (Å²) in [6.07, 6.45) is 1.31. The van der Waals surface area contributed by atoms with Gasteiger partial charge >= 0.3 is 0 Å². The van der Waals surface area contributed by atoms with Crippen molar-refractivity contribution in [2.24, 2.45) is 5.92 Å². The number of sulfonamides is 1. The molecule has 1 aliphatic heterocycles. The maximum Gasteiger partial charge on any atom is 0.243 e. The lowest BCUT2D eigenvalue weighted by atomic mass is 9.99. The molecule has 1 atom stereocenters. The Morgan fingerprint density at radius 3 is 2.55 bits per heavy atom. The molecule has 1 amide bonds. The molecule has 1 fully saturated rings. The fourth-order valence-corrected chi connectivity index (χ4v) is 4.90. The zero-order chi connectivity index (χ0) is 20.9. The Morgan fingerprint density at radius 2 is 1.86 bits per heavy atom. The molecule has 0 aromatic heterocycles. The Kier molecular flexibility index (Phi) is 7.16. The molecule has 1 saturated heterocycles. The van der Waals surface area contributed by atoms with E-state index in [1.165, 1.54) is 16.4 Å². The Hall–Kier alpha value is -2.09. The van der Waals surface area contributed by atoms with Gasteiger partial charge in [0, 0.05) is 18.1 Å². The molecule has 1 heterocycles. The predicted molar refractivity (Wildman–Crippen MR) is 113 cm³/mol. The molecule has 0 aliphatic carbocycles. The molecule has 1 aliphatic rings. The number of piperidine rings is 1. The van der Waals surface area contributed by atoms with Gasteiger partial charge in [-0.25, -0.2) is 8.42 Å². The highest BCUT2D eigenvalue weighted by atomic mass is 35.5. The van der Waals surface area contributed by atoms with Crippen LogP contribution in [0.1, 0.15) is 18.4 Å². The fourth-order valence-electron chi connectivity index (χ4n) is 3.25. The van der Waals surface area contributed by atoms with E-state index in [2.05, 4.69) is 5.32 Å². The number of rotatable bonds is 7. The Morgan fingerprint density at radius 1 is 1.17 bits per heavy atom. The van der Waals surface area contributed by atoms with E-state index in [1.807, 2.05) is 31.2 Å². The maximum atomic E-state index is 12.8. The minimum atomic E-state index is -3.64. The highest BCUT2D eigenvalue weighted by Gasteiger charge is 2.33. The van der Waals surface area contributed by atoms with Crippen LogP contribution in [0.15, 0.2) is 53.4 Å². The monoisotopic (exact) mass is 436 g/mol. The first kappa shape index (κ1) is 21.6. The number of benzene rings is 2. The van der Waals surface area contributed by atoms with E-state index in [0.717, 1.165) is 11.3 Å². The number of carbonyl (C=O) groups is 1. The van der Waals surface area contributed by atoms with Gasteiger partial charge in [0.15, 0.2) is 0 Å². The van der Waals surface area contributed by atoms with Gasteiger partial charge in [-0.3, -0.25) is 4.79 Å². The van der Waals surface area contributed by atoms with Crippen molar-refractivity contribution in [3.8, 4) is 5.75 Å². The number of carbonyl (C=O) groups excluding carboxylic acids is 1. The Bertz CT molecular complexity index is 930. The normalized spacial score (nSPS) is 17.7. The van der Waals surface area contributed by atoms with Crippen LogP contribution in [0.2, 0.25) is 5.02 Å². The third-order valence-electron chi connectivity index (χ3n) is 4.90. The van der Waals surface area contributed by atoms with Crippen molar-refractivity contribution in [2.45, 2.75) is 24.7 Å². The van der Waals surface area contributed by atoms with Gasteiger partial charge < -0.3 is 10.1 Å². The van der Waals surface area contributed by atoms with Crippen LogP contribution >= 0.6 is 11.6 Å². The van der Waals surface area contributed by atoms with Gasteiger partial charge in [-0.15, -0.1) is 0 Å². The van der Waals surface area contributed by atoms with Gasteiger partial charge in [0.05, 0.1) is 17.4 Å². The molecule has 29 heavy (non-hydrogen) atoms. The number of nitrogens with zero attached hydrogens (tertiary/aromatic N) is 1. The molecular weight excluding hydrogens is 412 g/mol. The van der Waals surface area contributed by atoms with Crippen LogP contribution in [-0.2, 0) is 14.8 Å². The van der Waals surface area contributed by atoms with Crippen molar-refractivity contribution in [1.29, 1.82) is 0 Å². The average molecular weight is 437 g/mol. The molecule has 0 saturated carbocycles. The van der Waals surface area contributed by atoms with Crippen LogP contribution < -0.4 is 10.1 Å². The first-order valence-electron chi connectivity index (χ1n) is 9.59. The van der Waals surface area contributed by atoms with Crippen LogP contribution in [0.3, 0.4) is 0 Å². The maximum absolute atomic E-state index is 12.8. The molecule has 0 unspecified atom stereocenters. The molecule has 6 nitrogen and oxygen atoms in total. The molecule has 0 bridgehead atoms. The Balaban J connectivity index is 1.51. The minimum absolute atomic E-state index is 0.145. The zero-order valence-corrected chi connectivity index (χ0v) is 17.9.